The molecule has 0 spiro atoms. The van der Waals surface area contributed by atoms with E-state index in [1.54, 1.807) is 41.9 Å². The molecule has 0 aliphatic rings. The lowest BCUT2D eigenvalue weighted by atomic mass is 10.3. The van der Waals surface area contributed by atoms with Crippen LogP contribution < -0.4 is 5.43 Å². The molecule has 0 aliphatic carbocycles. The van der Waals surface area contributed by atoms with Gasteiger partial charge in [0.1, 0.15) is 5.69 Å². The highest BCUT2D eigenvalue weighted by atomic mass is 32.1. The molecule has 17 heavy (non-hydrogen) atoms. The summed E-state index contributed by atoms with van der Waals surface area (Å²) in [6.45, 7) is 2.00. The van der Waals surface area contributed by atoms with Crippen molar-refractivity contribution in [3.05, 3.63) is 52.0 Å². The van der Waals surface area contributed by atoms with Crippen molar-refractivity contribution in [1.82, 2.24) is 10.4 Å². The highest BCUT2D eigenvalue weighted by Crippen LogP contribution is 2.12. The van der Waals surface area contributed by atoms with Crippen LogP contribution in [0.4, 0.5) is 0 Å². The standard InChI is InChI=1S/C12H11N3OS/c1-9-5-7-17-11(9)8-14-15-12(16)10-4-2-3-6-13-10/h2-8H,1H3,(H,15,16)/b14-8+. The van der Waals surface area contributed by atoms with Crippen LogP contribution in [0.5, 0.6) is 0 Å². The monoisotopic (exact) mass is 245 g/mol. The van der Waals surface area contributed by atoms with Crippen LogP contribution in [0.3, 0.4) is 0 Å². The van der Waals surface area contributed by atoms with Crippen LogP contribution in [0, 0.1) is 6.92 Å². The van der Waals surface area contributed by atoms with Crippen LogP contribution in [0.1, 0.15) is 20.9 Å². The summed E-state index contributed by atoms with van der Waals surface area (Å²) in [4.78, 5) is 16.5. The molecule has 0 aliphatic heterocycles. The van der Waals surface area contributed by atoms with Crippen molar-refractivity contribution in [2.75, 3.05) is 0 Å². The van der Waals surface area contributed by atoms with Crippen molar-refractivity contribution < 1.29 is 4.79 Å². The molecule has 1 N–H and O–H groups in total. The minimum Gasteiger partial charge on any atom is -0.266 e. The van der Waals surface area contributed by atoms with Gasteiger partial charge in [-0.25, -0.2) is 5.43 Å². The minimum atomic E-state index is -0.309. The summed E-state index contributed by atoms with van der Waals surface area (Å²) in [5.41, 5.74) is 3.94. The van der Waals surface area contributed by atoms with E-state index in [9.17, 15) is 4.79 Å². The molecular weight excluding hydrogens is 234 g/mol. The number of hydrogen-bond acceptors (Lipinski definition) is 4. The Labute approximate surface area is 103 Å². The lowest BCUT2D eigenvalue weighted by molar-refractivity contribution is 0.0950. The average molecular weight is 245 g/mol. The second-order valence-electron chi connectivity index (χ2n) is 3.38. The van der Waals surface area contributed by atoms with Gasteiger partial charge in [-0.1, -0.05) is 6.07 Å². The topological polar surface area (TPSA) is 54.4 Å². The Hall–Kier alpha value is -2.01. The second-order valence-corrected chi connectivity index (χ2v) is 4.33. The molecule has 0 aromatic carbocycles. The van der Waals surface area contributed by atoms with Gasteiger partial charge in [-0.05, 0) is 36.1 Å². The van der Waals surface area contributed by atoms with Crippen LogP contribution in [0.15, 0.2) is 40.9 Å². The molecule has 1 amide bonds. The van der Waals surface area contributed by atoms with E-state index in [-0.39, 0.29) is 5.91 Å². The predicted octanol–water partition coefficient (Wildman–Crippen LogP) is 2.22. The molecule has 0 radical (unpaired) electrons. The summed E-state index contributed by atoms with van der Waals surface area (Å²) in [6.07, 6.45) is 3.21. The van der Waals surface area contributed by atoms with Gasteiger partial charge in [0.15, 0.2) is 0 Å². The van der Waals surface area contributed by atoms with Gasteiger partial charge >= 0.3 is 0 Å². The number of aromatic nitrogens is 1. The van der Waals surface area contributed by atoms with Crippen LogP contribution >= 0.6 is 11.3 Å². The molecule has 2 aromatic heterocycles. The molecule has 0 bridgehead atoms. The van der Waals surface area contributed by atoms with E-state index in [4.69, 9.17) is 0 Å². The summed E-state index contributed by atoms with van der Waals surface area (Å²) < 4.78 is 0. The Kier molecular flexibility index (Phi) is 3.62. The quantitative estimate of drug-likeness (QED) is 0.666. The molecule has 4 nitrogen and oxygen atoms in total. The molecule has 5 heteroatoms. The Morgan fingerprint density at radius 3 is 3.00 bits per heavy atom. The summed E-state index contributed by atoms with van der Waals surface area (Å²) in [7, 11) is 0. The highest BCUT2D eigenvalue weighted by Gasteiger charge is 2.03. The van der Waals surface area contributed by atoms with Gasteiger partial charge in [-0.3, -0.25) is 9.78 Å². The van der Waals surface area contributed by atoms with Crippen molar-refractivity contribution in [2.24, 2.45) is 5.10 Å². The van der Waals surface area contributed by atoms with Gasteiger partial charge < -0.3 is 0 Å². The molecule has 0 fully saturated rings. The van der Waals surface area contributed by atoms with Crippen LogP contribution in [-0.2, 0) is 0 Å². The molecule has 0 atom stereocenters. The molecule has 2 heterocycles. The number of carbonyl (C=O) groups is 1. The van der Waals surface area contributed by atoms with E-state index in [0.29, 0.717) is 5.69 Å². The molecule has 86 valence electrons. The summed E-state index contributed by atoms with van der Waals surface area (Å²) in [5.74, 6) is -0.309. The zero-order chi connectivity index (χ0) is 12.1. The summed E-state index contributed by atoms with van der Waals surface area (Å²) in [6, 6.07) is 7.16. The van der Waals surface area contributed by atoms with E-state index in [1.165, 1.54) is 0 Å². The number of amides is 1. The lowest BCUT2D eigenvalue weighted by Crippen LogP contribution is -2.18. The van der Waals surface area contributed by atoms with Crippen molar-refractivity contribution in [2.45, 2.75) is 6.92 Å². The molecule has 2 rings (SSSR count). The number of thiophene rings is 1. The van der Waals surface area contributed by atoms with E-state index in [2.05, 4.69) is 15.5 Å². The fourth-order valence-corrected chi connectivity index (χ4v) is 2.01. The van der Waals surface area contributed by atoms with Crippen molar-refractivity contribution in [3.63, 3.8) is 0 Å². The van der Waals surface area contributed by atoms with E-state index in [1.807, 2.05) is 18.4 Å². The lowest BCUT2D eigenvalue weighted by Gasteiger charge is -1.97. The largest absolute Gasteiger partial charge is 0.289 e. The first kappa shape index (κ1) is 11.5. The molecular formula is C12H11N3OS. The second kappa shape index (κ2) is 5.36. The molecule has 0 saturated heterocycles. The van der Waals surface area contributed by atoms with Crippen molar-refractivity contribution in [3.8, 4) is 0 Å². The predicted molar refractivity (Wildman–Crippen MR) is 68.4 cm³/mol. The first-order chi connectivity index (χ1) is 8.27. The normalized spacial score (nSPS) is 10.6. The van der Waals surface area contributed by atoms with E-state index < -0.39 is 0 Å². The third-order valence-corrected chi connectivity index (χ3v) is 3.10. The molecule has 0 unspecified atom stereocenters. The van der Waals surface area contributed by atoms with Gasteiger partial charge in [0, 0.05) is 11.1 Å². The van der Waals surface area contributed by atoms with Crippen LogP contribution in [-0.4, -0.2) is 17.1 Å². The van der Waals surface area contributed by atoms with Gasteiger partial charge in [-0.15, -0.1) is 11.3 Å². The van der Waals surface area contributed by atoms with E-state index in [0.717, 1.165) is 10.4 Å². The highest BCUT2D eigenvalue weighted by molar-refractivity contribution is 7.11. The summed E-state index contributed by atoms with van der Waals surface area (Å²) in [5, 5.41) is 5.88. The van der Waals surface area contributed by atoms with Crippen LogP contribution in [0.2, 0.25) is 0 Å². The van der Waals surface area contributed by atoms with Crippen molar-refractivity contribution in [1.29, 1.82) is 0 Å². The zero-order valence-corrected chi connectivity index (χ0v) is 10.1. The maximum Gasteiger partial charge on any atom is 0.289 e. The van der Waals surface area contributed by atoms with Gasteiger partial charge in [0.25, 0.3) is 5.91 Å². The van der Waals surface area contributed by atoms with E-state index >= 15 is 0 Å². The van der Waals surface area contributed by atoms with Gasteiger partial charge in [-0.2, -0.15) is 5.10 Å². The number of rotatable bonds is 3. The fourth-order valence-electron chi connectivity index (χ4n) is 1.22. The van der Waals surface area contributed by atoms with Crippen molar-refractivity contribution >= 4 is 23.5 Å². The smallest absolute Gasteiger partial charge is 0.266 e. The third-order valence-electron chi connectivity index (χ3n) is 2.15. The Balaban J connectivity index is 1.97. The number of hydrazone groups is 1. The van der Waals surface area contributed by atoms with Gasteiger partial charge in [0.05, 0.1) is 6.21 Å². The maximum atomic E-state index is 11.6. The number of aryl methyl sites for hydroxylation is 1. The molecule has 0 saturated carbocycles. The van der Waals surface area contributed by atoms with Gasteiger partial charge in [0.2, 0.25) is 0 Å². The Morgan fingerprint density at radius 2 is 2.35 bits per heavy atom. The number of hydrogen-bond donors (Lipinski definition) is 1. The summed E-state index contributed by atoms with van der Waals surface area (Å²) >= 11 is 1.58. The Bertz CT molecular complexity index is 534. The minimum absolute atomic E-state index is 0.309. The SMILES string of the molecule is Cc1ccsc1/C=N/NC(=O)c1ccccn1. The zero-order valence-electron chi connectivity index (χ0n) is 9.25. The Morgan fingerprint density at radius 1 is 1.47 bits per heavy atom. The number of nitrogens with zero attached hydrogens (tertiary/aromatic N) is 2. The first-order valence-electron chi connectivity index (χ1n) is 5.06. The fraction of sp³-hybridized carbons (Fsp3) is 0.0833. The van der Waals surface area contributed by atoms with Crippen LogP contribution in [0.25, 0.3) is 0 Å². The number of pyridine rings is 1. The number of nitrogens with one attached hydrogen (secondary N) is 1. The first-order valence-corrected chi connectivity index (χ1v) is 5.94. The molecule has 2 aromatic rings. The maximum absolute atomic E-state index is 11.6. The number of carbonyl (C=O) groups excluding carboxylic acids is 1. The third kappa shape index (κ3) is 2.98. The average Bonchev–Trinajstić information content (AvgIpc) is 2.76.